The number of carbonyl (C=O) groups excluding carboxylic acids is 1. The predicted octanol–water partition coefficient (Wildman–Crippen LogP) is 7.40. The first-order valence-corrected chi connectivity index (χ1v) is 19.0. The molecule has 228 valence electrons. The summed E-state index contributed by atoms with van der Waals surface area (Å²) in [5.41, 5.74) is -1.60. The second-order valence-electron chi connectivity index (χ2n) is 13.0. The lowest BCUT2D eigenvalue weighted by molar-refractivity contribution is 0.0106. The first-order chi connectivity index (χ1) is 18.9. The van der Waals surface area contributed by atoms with Crippen molar-refractivity contribution < 1.29 is 23.0 Å². The van der Waals surface area contributed by atoms with Gasteiger partial charge in [0.1, 0.15) is 30.4 Å². The summed E-state index contributed by atoms with van der Waals surface area (Å²) < 4.78 is 44.2. The van der Waals surface area contributed by atoms with Gasteiger partial charge in [-0.2, -0.15) is 0 Å². The number of benzene rings is 1. The Bertz CT molecular complexity index is 1270. The fourth-order valence-corrected chi connectivity index (χ4v) is 7.10. The van der Waals surface area contributed by atoms with Crippen LogP contribution in [0.4, 0.5) is 13.6 Å². The molecule has 0 bridgehead atoms. The maximum Gasteiger partial charge on any atom is 0.418 e. The van der Waals surface area contributed by atoms with Gasteiger partial charge in [0.15, 0.2) is 5.17 Å². The van der Waals surface area contributed by atoms with Crippen LogP contribution in [-0.4, -0.2) is 69.6 Å². The van der Waals surface area contributed by atoms with Crippen LogP contribution in [-0.2, 0) is 21.6 Å². The SMILES string of the molecule is Cc1cn(C[C@@]2(C)SC(N(COCC[Si](C)(C)C)C(=O)OC(C)(C)C)=N[C@](CF)(c3cc(Br)ccc3F)[C@@H]2C)nn1. The third-order valence-corrected chi connectivity index (χ3v) is 10.7. The van der Waals surface area contributed by atoms with Gasteiger partial charge in [-0.1, -0.05) is 59.5 Å². The number of aliphatic imine (C=N–C) groups is 1. The Balaban J connectivity index is 2.17. The van der Waals surface area contributed by atoms with Gasteiger partial charge in [0.25, 0.3) is 0 Å². The van der Waals surface area contributed by atoms with Crippen molar-refractivity contribution in [2.45, 2.75) is 89.7 Å². The zero-order valence-electron chi connectivity index (χ0n) is 25.4. The van der Waals surface area contributed by atoms with Crippen molar-refractivity contribution in [1.82, 2.24) is 19.9 Å². The average molecular weight is 675 g/mol. The summed E-state index contributed by atoms with van der Waals surface area (Å²) in [4.78, 5) is 19.8. The molecule has 13 heteroatoms. The van der Waals surface area contributed by atoms with Crippen LogP contribution in [0.3, 0.4) is 0 Å². The maximum atomic E-state index is 15.5. The van der Waals surface area contributed by atoms with Gasteiger partial charge in [0.05, 0.1) is 12.2 Å². The minimum atomic E-state index is -1.64. The van der Waals surface area contributed by atoms with Gasteiger partial charge in [0.2, 0.25) is 0 Å². The Kier molecular flexibility index (Phi) is 10.5. The number of ether oxygens (including phenoxy) is 2. The number of rotatable bonds is 9. The maximum absolute atomic E-state index is 15.5. The molecule has 1 aromatic carbocycles. The van der Waals surface area contributed by atoms with E-state index in [4.69, 9.17) is 14.5 Å². The van der Waals surface area contributed by atoms with Crippen molar-refractivity contribution in [3.8, 4) is 0 Å². The molecule has 0 saturated heterocycles. The molecule has 0 spiro atoms. The van der Waals surface area contributed by atoms with Crippen molar-refractivity contribution >= 4 is 47.0 Å². The number of aryl methyl sites for hydroxylation is 1. The summed E-state index contributed by atoms with van der Waals surface area (Å²) in [5, 5.41) is 8.52. The third-order valence-electron chi connectivity index (χ3n) is 7.04. The van der Waals surface area contributed by atoms with Gasteiger partial charge in [0, 0.05) is 41.6 Å². The van der Waals surface area contributed by atoms with Gasteiger partial charge in [-0.25, -0.2) is 23.5 Å². The minimum Gasteiger partial charge on any atom is -0.443 e. The van der Waals surface area contributed by atoms with E-state index in [1.165, 1.54) is 22.7 Å². The number of aromatic nitrogens is 3. The highest BCUT2D eigenvalue weighted by Gasteiger charge is 2.55. The van der Waals surface area contributed by atoms with Crippen molar-refractivity contribution in [2.75, 3.05) is 20.0 Å². The highest BCUT2D eigenvalue weighted by molar-refractivity contribution is 9.10. The number of amides is 1. The van der Waals surface area contributed by atoms with Crippen LogP contribution in [0.2, 0.25) is 25.7 Å². The Labute approximate surface area is 255 Å². The Morgan fingerprint density at radius 2 is 1.98 bits per heavy atom. The molecule has 3 rings (SSSR count). The zero-order chi connectivity index (χ0) is 30.8. The highest BCUT2D eigenvalue weighted by atomic mass is 79.9. The lowest BCUT2D eigenvalue weighted by atomic mass is 9.73. The fraction of sp³-hybridized carbons (Fsp3) is 0.643. The molecule has 1 aliphatic heterocycles. The van der Waals surface area contributed by atoms with Gasteiger partial charge in [-0.3, -0.25) is 4.68 Å². The summed E-state index contributed by atoms with van der Waals surface area (Å²) in [7, 11) is -1.40. The quantitative estimate of drug-likeness (QED) is 0.157. The molecule has 1 amide bonds. The largest absolute Gasteiger partial charge is 0.443 e. The normalized spacial score (nSPS) is 23.3. The van der Waals surface area contributed by atoms with Crippen LogP contribution in [0.25, 0.3) is 0 Å². The number of thioether (sulfide) groups is 1. The smallest absolute Gasteiger partial charge is 0.418 e. The van der Waals surface area contributed by atoms with E-state index < -0.39 is 48.5 Å². The molecule has 0 fully saturated rings. The summed E-state index contributed by atoms with van der Waals surface area (Å²) >= 11 is 4.72. The van der Waals surface area contributed by atoms with E-state index in [0.29, 0.717) is 17.6 Å². The molecule has 0 aliphatic carbocycles. The van der Waals surface area contributed by atoms with Crippen molar-refractivity contribution in [3.63, 3.8) is 0 Å². The van der Waals surface area contributed by atoms with Crippen LogP contribution < -0.4 is 0 Å². The zero-order valence-corrected chi connectivity index (χ0v) is 28.8. The molecule has 1 aromatic heterocycles. The number of amidine groups is 1. The molecular formula is C28H42BrF2N5O3SSi. The van der Waals surface area contributed by atoms with E-state index >= 15 is 8.78 Å². The molecule has 0 N–H and O–H groups in total. The number of nitrogens with zero attached hydrogens (tertiary/aromatic N) is 5. The Morgan fingerprint density at radius 1 is 1.29 bits per heavy atom. The van der Waals surface area contributed by atoms with Gasteiger partial charge in [-0.15, -0.1) is 5.10 Å². The van der Waals surface area contributed by atoms with Crippen molar-refractivity contribution in [1.29, 1.82) is 0 Å². The first-order valence-electron chi connectivity index (χ1n) is 13.6. The van der Waals surface area contributed by atoms with Crippen LogP contribution >= 0.6 is 27.7 Å². The first kappa shape index (κ1) is 33.7. The van der Waals surface area contributed by atoms with E-state index in [2.05, 4.69) is 45.9 Å². The van der Waals surface area contributed by atoms with Crippen LogP contribution in [0, 0.1) is 18.7 Å². The van der Waals surface area contributed by atoms with Crippen LogP contribution in [0.1, 0.15) is 45.9 Å². The molecule has 1 aliphatic rings. The van der Waals surface area contributed by atoms with E-state index in [1.807, 2.05) is 20.8 Å². The average Bonchev–Trinajstić information content (AvgIpc) is 3.24. The Hall–Kier alpha value is -1.83. The third kappa shape index (κ3) is 8.38. The van der Waals surface area contributed by atoms with E-state index in [9.17, 15) is 4.79 Å². The number of hydrogen-bond acceptors (Lipinski definition) is 7. The summed E-state index contributed by atoms with van der Waals surface area (Å²) in [5.74, 6) is -1.11. The summed E-state index contributed by atoms with van der Waals surface area (Å²) in [6, 6.07) is 5.32. The molecular weight excluding hydrogens is 632 g/mol. The summed E-state index contributed by atoms with van der Waals surface area (Å²) in [6.07, 6.45) is 1.12. The van der Waals surface area contributed by atoms with Gasteiger partial charge < -0.3 is 9.47 Å². The second-order valence-corrected chi connectivity index (χ2v) is 21.1. The Morgan fingerprint density at radius 3 is 2.54 bits per heavy atom. The molecule has 41 heavy (non-hydrogen) atoms. The number of halogens is 3. The molecule has 2 aromatic rings. The molecule has 0 saturated carbocycles. The summed E-state index contributed by atoms with van der Waals surface area (Å²) in [6.45, 7) is 17.3. The van der Waals surface area contributed by atoms with E-state index in [0.717, 1.165) is 11.7 Å². The van der Waals surface area contributed by atoms with Crippen LogP contribution in [0.5, 0.6) is 0 Å². The number of hydrogen-bond donors (Lipinski definition) is 0. The minimum absolute atomic E-state index is 0.101. The molecule has 0 unspecified atom stereocenters. The van der Waals surface area contributed by atoms with E-state index in [1.54, 1.807) is 43.8 Å². The van der Waals surface area contributed by atoms with E-state index in [-0.39, 0.29) is 17.5 Å². The number of alkyl halides is 1. The van der Waals surface area contributed by atoms with Crippen molar-refractivity contribution in [2.24, 2.45) is 10.9 Å². The standard InChI is InChI=1S/C28H42BrF2N5O3SSi/c1-19-15-35(34-33-19)17-27(6)20(2)28(16-30,22-14-21(29)10-11-23(22)31)32-24(40-27)36(25(37)39-26(3,4)5)18-38-12-13-41(7,8)9/h10-11,14-15,20H,12-13,16-18H2,1-9H3/t20-,27-,28+/m1/s1. The lowest BCUT2D eigenvalue weighted by Gasteiger charge is -2.49. The van der Waals surface area contributed by atoms with Gasteiger partial charge in [-0.05, 0) is 58.9 Å². The second kappa shape index (κ2) is 12.8. The van der Waals surface area contributed by atoms with Crippen LogP contribution in [0.15, 0.2) is 33.9 Å². The molecule has 3 atom stereocenters. The molecule has 2 heterocycles. The monoisotopic (exact) mass is 673 g/mol. The fourth-order valence-electron chi connectivity index (χ4n) is 4.55. The molecule has 8 nitrogen and oxygen atoms in total. The lowest BCUT2D eigenvalue weighted by Crippen LogP contribution is -2.55. The molecule has 0 radical (unpaired) electrons. The topological polar surface area (TPSA) is 81.8 Å². The number of carbonyl (C=O) groups is 1. The highest BCUT2D eigenvalue weighted by Crippen LogP contribution is 2.53. The predicted molar refractivity (Wildman–Crippen MR) is 166 cm³/mol. The van der Waals surface area contributed by atoms with Gasteiger partial charge >= 0.3 is 6.09 Å². The van der Waals surface area contributed by atoms with Crippen molar-refractivity contribution in [3.05, 3.63) is 45.9 Å².